The third-order valence-electron chi connectivity index (χ3n) is 3.99. The van der Waals surface area contributed by atoms with Crippen molar-refractivity contribution in [3.63, 3.8) is 0 Å². The van der Waals surface area contributed by atoms with Gasteiger partial charge in [-0.25, -0.2) is 10.2 Å². The van der Waals surface area contributed by atoms with Crippen LogP contribution in [-0.2, 0) is 4.79 Å². The minimum absolute atomic E-state index is 0.0867. The third kappa shape index (κ3) is 6.46. The lowest BCUT2D eigenvalue weighted by Gasteiger charge is -2.10. The standard InChI is InChI=1S/C23H22N2O6/c1-3-28-21-13-17(8-11-19(21)31-23(27)20-5-4-12-29-20)14-24-25-22(26)15-30-18-9-6-16(2)7-10-18/h4-14H,3,15H2,1-2H3,(H,25,26). The zero-order valence-electron chi connectivity index (χ0n) is 17.2. The van der Waals surface area contributed by atoms with Crippen molar-refractivity contribution in [2.24, 2.45) is 5.10 Å². The summed E-state index contributed by atoms with van der Waals surface area (Å²) >= 11 is 0. The molecular weight excluding hydrogens is 400 g/mol. The maximum Gasteiger partial charge on any atom is 0.379 e. The molecule has 0 atom stereocenters. The van der Waals surface area contributed by atoms with Crippen molar-refractivity contribution in [2.45, 2.75) is 13.8 Å². The first kappa shape index (κ1) is 21.6. The number of benzene rings is 2. The number of carbonyl (C=O) groups excluding carboxylic acids is 2. The average molecular weight is 422 g/mol. The number of rotatable bonds is 9. The molecule has 0 unspecified atom stereocenters. The number of aryl methyl sites for hydroxylation is 1. The van der Waals surface area contributed by atoms with Crippen LogP contribution in [0.25, 0.3) is 0 Å². The van der Waals surface area contributed by atoms with E-state index in [1.807, 2.05) is 26.0 Å². The van der Waals surface area contributed by atoms with Gasteiger partial charge in [0.2, 0.25) is 5.76 Å². The number of ether oxygens (including phenoxy) is 3. The van der Waals surface area contributed by atoms with E-state index in [1.165, 1.54) is 18.5 Å². The topological polar surface area (TPSA) is 99.4 Å². The van der Waals surface area contributed by atoms with Gasteiger partial charge in [0.05, 0.1) is 19.1 Å². The lowest BCUT2D eigenvalue weighted by atomic mass is 10.2. The third-order valence-corrected chi connectivity index (χ3v) is 3.99. The van der Waals surface area contributed by atoms with Crippen molar-refractivity contribution in [2.75, 3.05) is 13.2 Å². The number of esters is 1. The molecule has 8 heteroatoms. The minimum atomic E-state index is -0.631. The molecule has 0 saturated heterocycles. The summed E-state index contributed by atoms with van der Waals surface area (Å²) in [6.07, 6.45) is 2.84. The van der Waals surface area contributed by atoms with E-state index >= 15 is 0 Å². The molecule has 2 aromatic carbocycles. The molecule has 8 nitrogen and oxygen atoms in total. The van der Waals surface area contributed by atoms with Crippen LogP contribution < -0.4 is 19.6 Å². The van der Waals surface area contributed by atoms with E-state index in [1.54, 1.807) is 36.4 Å². The highest BCUT2D eigenvalue weighted by Gasteiger charge is 2.15. The summed E-state index contributed by atoms with van der Waals surface area (Å²) < 4.78 is 21.3. The molecule has 1 amide bonds. The fraction of sp³-hybridized carbons (Fsp3) is 0.174. The smallest absolute Gasteiger partial charge is 0.379 e. The molecule has 3 rings (SSSR count). The number of hydrogen-bond donors (Lipinski definition) is 1. The van der Waals surface area contributed by atoms with E-state index in [0.717, 1.165) is 5.56 Å². The highest BCUT2D eigenvalue weighted by Crippen LogP contribution is 2.29. The van der Waals surface area contributed by atoms with Crippen molar-refractivity contribution >= 4 is 18.1 Å². The Bertz CT molecular complexity index is 1040. The molecule has 0 aliphatic heterocycles. The molecule has 31 heavy (non-hydrogen) atoms. The molecule has 160 valence electrons. The Morgan fingerprint density at radius 2 is 1.87 bits per heavy atom. The molecule has 0 bridgehead atoms. The van der Waals surface area contributed by atoms with Crippen molar-refractivity contribution < 1.29 is 28.2 Å². The molecule has 3 aromatic rings. The quantitative estimate of drug-likeness (QED) is 0.244. The number of amides is 1. The molecule has 0 fully saturated rings. The van der Waals surface area contributed by atoms with Gasteiger partial charge < -0.3 is 18.6 Å². The van der Waals surface area contributed by atoms with Gasteiger partial charge in [0.25, 0.3) is 5.91 Å². The van der Waals surface area contributed by atoms with Gasteiger partial charge in [-0.2, -0.15) is 5.10 Å². The molecule has 1 aromatic heterocycles. The average Bonchev–Trinajstić information content (AvgIpc) is 3.30. The summed E-state index contributed by atoms with van der Waals surface area (Å²) in [5.74, 6) is 0.268. The second kappa shape index (κ2) is 10.6. The number of hydrogen-bond acceptors (Lipinski definition) is 7. The lowest BCUT2D eigenvalue weighted by Crippen LogP contribution is -2.24. The van der Waals surface area contributed by atoms with Crippen LogP contribution in [0.4, 0.5) is 0 Å². The number of nitrogens with one attached hydrogen (secondary N) is 1. The van der Waals surface area contributed by atoms with Gasteiger partial charge in [0.15, 0.2) is 18.1 Å². The van der Waals surface area contributed by atoms with Crippen molar-refractivity contribution in [1.82, 2.24) is 5.43 Å². The monoisotopic (exact) mass is 422 g/mol. The summed E-state index contributed by atoms with van der Waals surface area (Å²) in [5.41, 5.74) is 4.14. The Morgan fingerprint density at radius 1 is 1.06 bits per heavy atom. The van der Waals surface area contributed by atoms with Crippen LogP contribution in [0.5, 0.6) is 17.2 Å². The number of hydrazone groups is 1. The number of nitrogens with zero attached hydrogens (tertiary/aromatic N) is 1. The van der Waals surface area contributed by atoms with Crippen LogP contribution in [-0.4, -0.2) is 31.3 Å². The van der Waals surface area contributed by atoms with E-state index in [0.29, 0.717) is 23.7 Å². The van der Waals surface area contributed by atoms with Crippen LogP contribution >= 0.6 is 0 Å². The van der Waals surface area contributed by atoms with Gasteiger partial charge in [0, 0.05) is 0 Å². The van der Waals surface area contributed by atoms with Gasteiger partial charge in [-0.3, -0.25) is 4.79 Å². The molecule has 1 N–H and O–H groups in total. The van der Waals surface area contributed by atoms with E-state index in [9.17, 15) is 9.59 Å². The second-order valence-electron chi connectivity index (χ2n) is 6.40. The summed E-state index contributed by atoms with van der Waals surface area (Å²) in [6.45, 7) is 4.00. The fourth-order valence-corrected chi connectivity index (χ4v) is 2.50. The maximum absolute atomic E-state index is 12.1. The van der Waals surface area contributed by atoms with Crippen molar-refractivity contribution in [1.29, 1.82) is 0 Å². The molecule has 0 radical (unpaired) electrons. The highest BCUT2D eigenvalue weighted by molar-refractivity contribution is 5.89. The van der Waals surface area contributed by atoms with Gasteiger partial charge in [-0.15, -0.1) is 0 Å². The minimum Gasteiger partial charge on any atom is -0.490 e. The van der Waals surface area contributed by atoms with Gasteiger partial charge in [-0.05, 0) is 61.9 Å². The maximum atomic E-state index is 12.1. The largest absolute Gasteiger partial charge is 0.490 e. The molecule has 0 saturated carbocycles. The van der Waals surface area contributed by atoms with E-state index < -0.39 is 11.9 Å². The molecular formula is C23H22N2O6. The van der Waals surface area contributed by atoms with Gasteiger partial charge in [0.1, 0.15) is 5.75 Å². The van der Waals surface area contributed by atoms with Crippen molar-refractivity contribution in [3.05, 3.63) is 77.7 Å². The molecule has 0 aliphatic rings. The van der Waals surface area contributed by atoms with Gasteiger partial charge >= 0.3 is 5.97 Å². The van der Waals surface area contributed by atoms with E-state index in [-0.39, 0.29) is 18.1 Å². The van der Waals surface area contributed by atoms with Crippen LogP contribution in [0.1, 0.15) is 28.6 Å². The van der Waals surface area contributed by atoms with Crippen LogP contribution in [0.2, 0.25) is 0 Å². The van der Waals surface area contributed by atoms with Gasteiger partial charge in [-0.1, -0.05) is 17.7 Å². The first-order valence-corrected chi connectivity index (χ1v) is 9.59. The highest BCUT2D eigenvalue weighted by atomic mass is 16.6. The second-order valence-corrected chi connectivity index (χ2v) is 6.40. The molecule has 0 aliphatic carbocycles. The first-order chi connectivity index (χ1) is 15.0. The Kier molecular flexibility index (Phi) is 7.42. The zero-order valence-corrected chi connectivity index (χ0v) is 17.2. The summed E-state index contributed by atoms with van der Waals surface area (Å²) in [7, 11) is 0. The molecule has 0 spiro atoms. The summed E-state index contributed by atoms with van der Waals surface area (Å²) in [4.78, 5) is 24.0. The predicted octanol–water partition coefficient (Wildman–Crippen LogP) is 3.74. The lowest BCUT2D eigenvalue weighted by molar-refractivity contribution is -0.123. The molecule has 1 heterocycles. The SMILES string of the molecule is CCOc1cc(C=NNC(=O)COc2ccc(C)cc2)ccc1OC(=O)c1ccco1. The Hall–Kier alpha value is -4.07. The number of carbonyl (C=O) groups is 2. The number of furan rings is 1. The Labute approximate surface area is 179 Å². The van der Waals surface area contributed by atoms with Crippen molar-refractivity contribution in [3.8, 4) is 17.2 Å². The van der Waals surface area contributed by atoms with Crippen LogP contribution in [0.3, 0.4) is 0 Å². The normalized spacial score (nSPS) is 10.6. The predicted molar refractivity (Wildman–Crippen MR) is 114 cm³/mol. The van der Waals surface area contributed by atoms with E-state index in [4.69, 9.17) is 18.6 Å². The zero-order chi connectivity index (χ0) is 22.1. The van der Waals surface area contributed by atoms with E-state index in [2.05, 4.69) is 10.5 Å². The van der Waals surface area contributed by atoms with Crippen LogP contribution in [0, 0.1) is 6.92 Å². The fourth-order valence-electron chi connectivity index (χ4n) is 2.50. The Balaban J connectivity index is 1.56. The summed E-state index contributed by atoms with van der Waals surface area (Å²) in [5, 5.41) is 3.92. The summed E-state index contributed by atoms with van der Waals surface area (Å²) in [6, 6.07) is 15.4. The Morgan fingerprint density at radius 3 is 2.58 bits per heavy atom. The first-order valence-electron chi connectivity index (χ1n) is 9.59. The van der Waals surface area contributed by atoms with Crippen LogP contribution in [0.15, 0.2) is 70.4 Å².